The number of fused-ring (bicyclic) bond motifs is 1. The summed E-state index contributed by atoms with van der Waals surface area (Å²) < 4.78 is 0. The molecule has 3 N–H and O–H groups in total. The van der Waals surface area contributed by atoms with Crippen LogP contribution in [0, 0.1) is 5.41 Å². The molecule has 0 spiro atoms. The molecule has 0 saturated carbocycles. The van der Waals surface area contributed by atoms with E-state index in [0.29, 0.717) is 6.54 Å². The number of anilines is 2. The third kappa shape index (κ3) is 4.51. The van der Waals surface area contributed by atoms with E-state index in [9.17, 15) is 4.79 Å². The molecule has 26 heavy (non-hydrogen) atoms. The average molecular weight is 394 g/mol. The predicted octanol–water partition coefficient (Wildman–Crippen LogP) is 4.41. The average Bonchev–Trinajstić information content (AvgIpc) is 3.06. The van der Waals surface area contributed by atoms with E-state index in [4.69, 9.17) is 5.73 Å². The van der Waals surface area contributed by atoms with Crippen LogP contribution in [0.25, 0.3) is 0 Å². The topological polar surface area (TPSA) is 58.4 Å². The van der Waals surface area contributed by atoms with Gasteiger partial charge in [-0.05, 0) is 47.4 Å². The Labute approximate surface area is 166 Å². The number of nitrogens with two attached hydrogens (primary N) is 1. The normalized spacial score (nSPS) is 15.0. The van der Waals surface area contributed by atoms with Crippen LogP contribution in [0.4, 0.5) is 11.4 Å². The summed E-state index contributed by atoms with van der Waals surface area (Å²) in [5.74, 6) is 0.0589. The van der Waals surface area contributed by atoms with E-state index in [2.05, 4.69) is 48.5 Å². The summed E-state index contributed by atoms with van der Waals surface area (Å²) in [7, 11) is 0. The Morgan fingerprint density at radius 2 is 2.08 bits per heavy atom. The van der Waals surface area contributed by atoms with Gasteiger partial charge < -0.3 is 16.0 Å². The summed E-state index contributed by atoms with van der Waals surface area (Å²) in [4.78, 5) is 16.1. The Balaban J connectivity index is 0.00000243. The maximum absolute atomic E-state index is 12.8. The lowest BCUT2D eigenvalue weighted by atomic mass is 9.85. The van der Waals surface area contributed by atoms with E-state index < -0.39 is 0 Å². The van der Waals surface area contributed by atoms with Crippen molar-refractivity contribution in [2.45, 2.75) is 39.7 Å². The fraction of sp³-hybridized carbons (Fsp3) is 0.450. The smallest absolute Gasteiger partial charge is 0.240 e. The van der Waals surface area contributed by atoms with Gasteiger partial charge >= 0.3 is 0 Å². The van der Waals surface area contributed by atoms with Crippen LogP contribution in [0.3, 0.4) is 0 Å². The van der Waals surface area contributed by atoms with Crippen molar-refractivity contribution in [3.05, 3.63) is 46.2 Å². The molecule has 1 aromatic carbocycles. The maximum atomic E-state index is 12.8. The van der Waals surface area contributed by atoms with Crippen LogP contribution in [0.15, 0.2) is 35.7 Å². The zero-order valence-electron chi connectivity index (χ0n) is 15.6. The lowest BCUT2D eigenvalue weighted by Gasteiger charge is -2.34. The number of halogens is 1. The van der Waals surface area contributed by atoms with E-state index in [1.54, 1.807) is 11.3 Å². The van der Waals surface area contributed by atoms with E-state index in [-0.39, 0.29) is 29.8 Å². The highest BCUT2D eigenvalue weighted by atomic mass is 35.5. The van der Waals surface area contributed by atoms with Crippen molar-refractivity contribution in [1.29, 1.82) is 0 Å². The number of nitrogens with one attached hydrogen (secondary N) is 1. The second-order valence-electron chi connectivity index (χ2n) is 7.75. The molecule has 0 aliphatic carbocycles. The van der Waals surface area contributed by atoms with Crippen molar-refractivity contribution in [2.75, 3.05) is 23.7 Å². The summed E-state index contributed by atoms with van der Waals surface area (Å²) in [6, 6.07) is 10.1. The van der Waals surface area contributed by atoms with Gasteiger partial charge in [0, 0.05) is 22.8 Å². The first kappa shape index (κ1) is 20.6. The van der Waals surface area contributed by atoms with Crippen LogP contribution >= 0.6 is 23.7 Å². The molecule has 1 atom stereocenters. The lowest BCUT2D eigenvalue weighted by Crippen LogP contribution is -2.43. The van der Waals surface area contributed by atoms with Crippen molar-refractivity contribution in [2.24, 2.45) is 5.41 Å². The molecule has 0 bridgehead atoms. The van der Waals surface area contributed by atoms with Gasteiger partial charge in [-0.25, -0.2) is 0 Å². The third-order valence-corrected chi connectivity index (χ3v) is 5.65. The number of rotatable bonds is 4. The Morgan fingerprint density at radius 1 is 1.31 bits per heavy atom. The number of carbonyl (C=O) groups is 1. The van der Waals surface area contributed by atoms with Gasteiger partial charge in [-0.1, -0.05) is 32.9 Å². The second-order valence-corrected chi connectivity index (χ2v) is 8.73. The van der Waals surface area contributed by atoms with E-state index in [1.165, 1.54) is 10.4 Å². The lowest BCUT2D eigenvalue weighted by molar-refractivity contribution is -0.121. The van der Waals surface area contributed by atoms with Crippen LogP contribution in [0.5, 0.6) is 0 Å². The number of benzene rings is 1. The van der Waals surface area contributed by atoms with E-state index in [1.807, 2.05) is 18.2 Å². The van der Waals surface area contributed by atoms with Crippen LogP contribution in [0.1, 0.15) is 43.7 Å². The number of thiophene rings is 1. The maximum Gasteiger partial charge on any atom is 0.240 e. The molecule has 0 saturated heterocycles. The quantitative estimate of drug-likeness (QED) is 0.756. The molecule has 6 heteroatoms. The van der Waals surface area contributed by atoms with Gasteiger partial charge in [0.15, 0.2) is 0 Å². The summed E-state index contributed by atoms with van der Waals surface area (Å²) in [6.07, 6.45) is 2.02. The predicted molar refractivity (Wildman–Crippen MR) is 113 cm³/mol. The van der Waals surface area contributed by atoms with Gasteiger partial charge in [0.05, 0.1) is 12.6 Å². The summed E-state index contributed by atoms with van der Waals surface area (Å²) >= 11 is 1.69. The first-order chi connectivity index (χ1) is 11.9. The van der Waals surface area contributed by atoms with Crippen LogP contribution < -0.4 is 16.0 Å². The Kier molecular flexibility index (Phi) is 6.58. The molecule has 1 unspecified atom stereocenters. The SMILES string of the molecule is CC(C)(C)C(NC(=O)CN1CCCc2c(N)cccc21)c1cccs1.Cl. The fourth-order valence-electron chi connectivity index (χ4n) is 3.44. The van der Waals surface area contributed by atoms with Crippen LogP contribution in [0.2, 0.25) is 0 Å². The third-order valence-electron chi connectivity index (χ3n) is 4.72. The molecule has 0 radical (unpaired) electrons. The van der Waals surface area contributed by atoms with Crippen molar-refractivity contribution in [1.82, 2.24) is 5.32 Å². The first-order valence-corrected chi connectivity index (χ1v) is 9.69. The van der Waals surface area contributed by atoms with Crippen molar-refractivity contribution >= 4 is 41.0 Å². The molecule has 1 aliphatic heterocycles. The highest BCUT2D eigenvalue weighted by Crippen LogP contribution is 2.35. The van der Waals surface area contributed by atoms with Gasteiger partial charge in [0.1, 0.15) is 0 Å². The number of carbonyl (C=O) groups excluding carboxylic acids is 1. The molecule has 2 heterocycles. The largest absolute Gasteiger partial charge is 0.398 e. The molecular formula is C20H28ClN3OS. The Morgan fingerprint density at radius 3 is 2.73 bits per heavy atom. The van der Waals surface area contributed by atoms with E-state index in [0.717, 1.165) is 30.8 Å². The summed E-state index contributed by atoms with van der Waals surface area (Å²) in [5, 5.41) is 5.31. The molecule has 2 aromatic rings. The number of nitrogens with zero attached hydrogens (tertiary/aromatic N) is 1. The van der Waals surface area contributed by atoms with Gasteiger partial charge in [0.25, 0.3) is 0 Å². The van der Waals surface area contributed by atoms with E-state index >= 15 is 0 Å². The van der Waals surface area contributed by atoms with Crippen molar-refractivity contribution < 1.29 is 4.79 Å². The Bertz CT molecular complexity index is 740. The minimum absolute atomic E-state index is 0. The van der Waals surface area contributed by atoms with Crippen LogP contribution in [-0.2, 0) is 11.2 Å². The minimum atomic E-state index is -0.0370. The highest BCUT2D eigenvalue weighted by molar-refractivity contribution is 7.10. The molecule has 1 amide bonds. The standard InChI is InChI=1S/C20H27N3OS.ClH/c1-20(2,3)19(17-10-6-12-25-17)22-18(24)13-23-11-5-7-14-15(21)8-4-9-16(14)23;/h4,6,8-10,12,19H,5,7,11,13,21H2,1-3H3,(H,22,24);1H. The molecule has 142 valence electrons. The van der Waals surface area contributed by atoms with Gasteiger partial charge in [-0.3, -0.25) is 4.79 Å². The molecule has 4 nitrogen and oxygen atoms in total. The number of nitrogen functional groups attached to an aromatic ring is 1. The molecular weight excluding hydrogens is 366 g/mol. The van der Waals surface area contributed by atoms with Gasteiger partial charge in [0.2, 0.25) is 5.91 Å². The van der Waals surface area contributed by atoms with Gasteiger partial charge in [-0.2, -0.15) is 0 Å². The fourth-order valence-corrected chi connectivity index (χ4v) is 4.46. The second kappa shape index (κ2) is 8.31. The number of amides is 1. The molecule has 3 rings (SSSR count). The summed E-state index contributed by atoms with van der Waals surface area (Å²) in [5.41, 5.74) is 9.18. The van der Waals surface area contributed by atoms with Crippen molar-refractivity contribution in [3.8, 4) is 0 Å². The zero-order chi connectivity index (χ0) is 18.0. The highest BCUT2D eigenvalue weighted by Gasteiger charge is 2.29. The van der Waals surface area contributed by atoms with Gasteiger partial charge in [-0.15, -0.1) is 23.7 Å². The summed E-state index contributed by atoms with van der Waals surface area (Å²) in [6.45, 7) is 7.75. The zero-order valence-corrected chi connectivity index (χ0v) is 17.3. The van der Waals surface area contributed by atoms with Crippen LogP contribution in [-0.4, -0.2) is 19.0 Å². The monoisotopic (exact) mass is 393 g/mol. The minimum Gasteiger partial charge on any atom is -0.398 e. The first-order valence-electron chi connectivity index (χ1n) is 8.81. The van der Waals surface area contributed by atoms with Crippen molar-refractivity contribution in [3.63, 3.8) is 0 Å². The number of hydrogen-bond acceptors (Lipinski definition) is 4. The molecule has 1 aromatic heterocycles. The molecule has 1 aliphatic rings. The molecule has 0 fully saturated rings. The number of hydrogen-bond donors (Lipinski definition) is 2. The Hall–Kier alpha value is -1.72.